The van der Waals surface area contributed by atoms with E-state index in [2.05, 4.69) is 103 Å². The second kappa shape index (κ2) is 17.4. The number of ether oxygens (including phenoxy) is 2. The zero-order chi connectivity index (χ0) is 31.3. The molecule has 0 amide bonds. The monoisotopic (exact) mass is 658 g/mol. The van der Waals surface area contributed by atoms with Gasteiger partial charge < -0.3 is 9.47 Å². The first kappa shape index (κ1) is 40.1. The number of hydrogen-bond acceptors (Lipinski definition) is 3. The van der Waals surface area contributed by atoms with Crippen molar-refractivity contribution in [3.63, 3.8) is 0 Å². The van der Waals surface area contributed by atoms with Gasteiger partial charge in [-0.1, -0.05) is 139 Å². The molecule has 0 heterocycles. The maximum atomic E-state index is 12.1. The van der Waals surface area contributed by atoms with Crippen molar-refractivity contribution in [2.45, 2.75) is 152 Å². The van der Waals surface area contributed by atoms with Crippen LogP contribution in [0, 0.1) is 0 Å². The van der Waals surface area contributed by atoms with Crippen molar-refractivity contribution in [3.05, 3.63) is 24.6 Å². The van der Waals surface area contributed by atoms with Crippen LogP contribution in [0.5, 0.6) is 0 Å². The lowest BCUT2D eigenvalue weighted by Crippen LogP contribution is -2.34. The molecule has 0 aliphatic heterocycles. The Kier molecular flexibility index (Phi) is 17.4. The normalized spacial score (nSPS) is 13.7. The van der Waals surface area contributed by atoms with Gasteiger partial charge in [-0.15, -0.1) is 24.6 Å². The third-order valence-corrected chi connectivity index (χ3v) is 29.7. The molecule has 0 aromatic carbocycles. The van der Waals surface area contributed by atoms with Gasteiger partial charge in [0.2, 0.25) is 0 Å². The van der Waals surface area contributed by atoms with E-state index in [1.807, 2.05) is 0 Å². The molecule has 40 heavy (non-hydrogen) atoms. The van der Waals surface area contributed by atoms with Gasteiger partial charge in [0.15, 0.2) is 0 Å². The molecular formula is C31H70O3Si6. The molecule has 9 heteroatoms. The highest BCUT2D eigenvalue weighted by Crippen LogP contribution is 2.31. The maximum Gasteiger partial charge on any atom is 0.508 e. The Bertz CT molecular complexity index is 713. The van der Waals surface area contributed by atoms with Crippen LogP contribution in [-0.4, -0.2) is 67.8 Å². The van der Waals surface area contributed by atoms with E-state index in [-0.39, 0.29) is 0 Å². The Morgan fingerprint density at radius 3 is 1.00 bits per heavy atom. The van der Waals surface area contributed by atoms with Gasteiger partial charge in [0, 0.05) is 32.3 Å². The van der Waals surface area contributed by atoms with E-state index in [0.29, 0.717) is 13.2 Å². The maximum absolute atomic E-state index is 12.1. The lowest BCUT2D eigenvalue weighted by atomic mass is 10.5. The van der Waals surface area contributed by atoms with Crippen LogP contribution in [0.1, 0.15) is 12.8 Å². The Hall–Kier alpha value is 0.0513. The van der Waals surface area contributed by atoms with E-state index in [1.54, 1.807) is 0 Å². The average Bonchev–Trinajstić information content (AvgIpc) is 2.85. The predicted molar refractivity (Wildman–Crippen MR) is 200 cm³/mol. The summed E-state index contributed by atoms with van der Waals surface area (Å²) in [6, 6.07) is 13.8. The first-order valence-corrected chi connectivity index (χ1v) is 36.3. The molecule has 0 spiro atoms. The first-order valence-electron chi connectivity index (χ1n) is 16.1. The molecule has 0 bridgehead atoms. The van der Waals surface area contributed by atoms with Gasteiger partial charge in [-0.05, 0) is 12.8 Å². The minimum atomic E-state index is -1.26. The molecule has 236 valence electrons. The lowest BCUT2D eigenvalue weighted by molar-refractivity contribution is 0.0553. The van der Waals surface area contributed by atoms with Crippen LogP contribution < -0.4 is 0 Å². The van der Waals surface area contributed by atoms with Crippen LogP contribution >= 0.6 is 0 Å². The molecule has 0 saturated carbocycles. The van der Waals surface area contributed by atoms with Crippen LogP contribution in [0.4, 0.5) is 4.79 Å². The molecule has 0 aliphatic rings. The summed E-state index contributed by atoms with van der Waals surface area (Å²) < 4.78 is 10.9. The second-order valence-electron chi connectivity index (χ2n) is 17.2. The standard InChI is InChI=1S/C31H70O3Si6/c1-15-35(3,4)23-25-39(11,12)29-27-37(7,8)21-17-19-33-31(32)34-20-18-22-38(9,10)28-30-40(13,14)26-24-36(5,6)16-2/h15-16H,1-2,17-30H2,3-14H3. The van der Waals surface area contributed by atoms with Crippen molar-refractivity contribution in [2.75, 3.05) is 13.2 Å². The van der Waals surface area contributed by atoms with Gasteiger partial charge >= 0.3 is 6.16 Å². The van der Waals surface area contributed by atoms with Crippen molar-refractivity contribution < 1.29 is 14.3 Å². The van der Waals surface area contributed by atoms with Gasteiger partial charge in [0.05, 0.1) is 29.4 Å². The second-order valence-corrected chi connectivity index (χ2v) is 48.3. The van der Waals surface area contributed by atoms with E-state index < -0.39 is 54.6 Å². The smallest absolute Gasteiger partial charge is 0.434 e. The van der Waals surface area contributed by atoms with Gasteiger partial charge in [-0.2, -0.15) is 0 Å². The van der Waals surface area contributed by atoms with Gasteiger partial charge in [0.25, 0.3) is 0 Å². The number of hydrogen-bond donors (Lipinski definition) is 0. The third-order valence-electron chi connectivity index (χ3n) is 9.39. The zero-order valence-electron chi connectivity index (χ0n) is 29.2. The summed E-state index contributed by atoms with van der Waals surface area (Å²) in [7, 11) is -7.19. The van der Waals surface area contributed by atoms with Gasteiger partial charge in [-0.25, -0.2) is 4.79 Å². The Labute approximate surface area is 257 Å². The van der Waals surface area contributed by atoms with E-state index in [1.165, 1.54) is 60.4 Å². The minimum Gasteiger partial charge on any atom is -0.434 e. The molecule has 0 aromatic heterocycles. The highest BCUT2D eigenvalue weighted by Gasteiger charge is 2.30. The largest absolute Gasteiger partial charge is 0.508 e. The summed E-state index contributed by atoms with van der Waals surface area (Å²) in [4.78, 5) is 12.1. The molecule has 0 radical (unpaired) electrons. The molecule has 0 atom stereocenters. The van der Waals surface area contributed by atoms with Crippen molar-refractivity contribution in [1.82, 2.24) is 0 Å². The van der Waals surface area contributed by atoms with Crippen molar-refractivity contribution in [2.24, 2.45) is 0 Å². The topological polar surface area (TPSA) is 35.5 Å². The molecule has 0 fully saturated rings. The fourth-order valence-corrected chi connectivity index (χ4v) is 29.8. The molecule has 0 aromatic rings. The Morgan fingerprint density at radius 2 is 0.725 bits per heavy atom. The zero-order valence-corrected chi connectivity index (χ0v) is 35.2. The van der Waals surface area contributed by atoms with Gasteiger partial charge in [0.1, 0.15) is 0 Å². The summed E-state index contributed by atoms with van der Waals surface area (Å²) in [6.07, 6.45) is 1.47. The van der Waals surface area contributed by atoms with Crippen LogP contribution in [0.25, 0.3) is 0 Å². The first-order chi connectivity index (χ1) is 18.1. The Morgan fingerprint density at radius 1 is 0.475 bits per heavy atom. The highest BCUT2D eigenvalue weighted by molar-refractivity contribution is 6.87. The summed E-state index contributed by atoms with van der Waals surface area (Å²) in [5.41, 5.74) is 4.50. The molecule has 0 saturated heterocycles. The van der Waals surface area contributed by atoms with Crippen LogP contribution in [0.15, 0.2) is 24.6 Å². The number of rotatable bonds is 22. The Balaban J connectivity index is 4.18. The van der Waals surface area contributed by atoms with Crippen LogP contribution in [0.2, 0.25) is 139 Å². The van der Waals surface area contributed by atoms with Crippen molar-refractivity contribution in [3.8, 4) is 0 Å². The SMILES string of the molecule is C=C[Si](C)(C)CC[Si](C)(C)CC[Si](C)(C)CCCOC(=O)OCCC[Si](C)(C)CC[Si](C)(C)CC[Si](C)(C)C=C. The average molecular weight is 659 g/mol. The summed E-state index contributed by atoms with van der Waals surface area (Å²) in [5, 5.41) is 0. The number of carbonyl (C=O) groups is 1. The lowest BCUT2D eigenvalue weighted by Gasteiger charge is -2.31. The van der Waals surface area contributed by atoms with E-state index in [9.17, 15) is 4.79 Å². The van der Waals surface area contributed by atoms with Crippen LogP contribution in [0.3, 0.4) is 0 Å². The summed E-state index contributed by atoms with van der Waals surface area (Å²) in [5.74, 6) is 0. The van der Waals surface area contributed by atoms with E-state index in [0.717, 1.165) is 12.8 Å². The summed E-state index contributed by atoms with van der Waals surface area (Å²) >= 11 is 0. The molecule has 0 aliphatic carbocycles. The fraction of sp³-hybridized carbons (Fsp3) is 0.839. The highest BCUT2D eigenvalue weighted by atomic mass is 28.3. The molecule has 0 N–H and O–H groups in total. The quantitative estimate of drug-likeness (QED) is 0.0659. The number of carbonyl (C=O) groups excluding carboxylic acids is 1. The molecule has 0 unspecified atom stereocenters. The van der Waals surface area contributed by atoms with Crippen molar-refractivity contribution >= 4 is 54.6 Å². The molecule has 0 rings (SSSR count). The molecule has 3 nitrogen and oxygen atoms in total. The fourth-order valence-electron chi connectivity index (χ4n) is 4.83. The summed E-state index contributed by atoms with van der Waals surface area (Å²) in [6.45, 7) is 39.2. The third kappa shape index (κ3) is 20.9. The van der Waals surface area contributed by atoms with Crippen LogP contribution in [-0.2, 0) is 9.47 Å². The molecular weight excluding hydrogens is 589 g/mol. The van der Waals surface area contributed by atoms with E-state index >= 15 is 0 Å². The predicted octanol–water partition coefficient (Wildman–Crippen LogP) is 11.6. The van der Waals surface area contributed by atoms with Crippen molar-refractivity contribution in [1.29, 1.82) is 0 Å². The van der Waals surface area contributed by atoms with E-state index in [4.69, 9.17) is 9.47 Å². The van der Waals surface area contributed by atoms with Gasteiger partial charge in [-0.3, -0.25) is 0 Å². The minimum absolute atomic E-state index is 0.468.